The van der Waals surface area contributed by atoms with Crippen molar-refractivity contribution in [2.45, 2.75) is 19.9 Å². The van der Waals surface area contributed by atoms with Gasteiger partial charge in [0.1, 0.15) is 0 Å². The summed E-state index contributed by atoms with van der Waals surface area (Å²) in [5, 5.41) is 0. The van der Waals surface area contributed by atoms with Crippen molar-refractivity contribution in [3.8, 4) is 0 Å². The van der Waals surface area contributed by atoms with Crippen molar-refractivity contribution in [2.24, 2.45) is 5.84 Å². The Labute approximate surface area is 100 Å². The van der Waals surface area contributed by atoms with Crippen molar-refractivity contribution in [3.63, 3.8) is 0 Å². The molecular weight excluding hydrogens is 216 g/mol. The third kappa shape index (κ3) is 2.32. The lowest BCUT2D eigenvalue weighted by atomic mass is 10.0. The Hall–Kier alpha value is -1.16. The van der Waals surface area contributed by atoms with Crippen molar-refractivity contribution in [1.29, 1.82) is 0 Å². The molecule has 84 valence electrons. The molecule has 0 aliphatic carbocycles. The van der Waals surface area contributed by atoms with Crippen LogP contribution in [-0.2, 0) is 0 Å². The van der Waals surface area contributed by atoms with E-state index >= 15 is 0 Å². The Morgan fingerprint density at radius 1 is 1.06 bits per heavy atom. The van der Waals surface area contributed by atoms with Crippen LogP contribution in [0.1, 0.15) is 26.9 Å². The van der Waals surface area contributed by atoms with E-state index in [-0.39, 0.29) is 6.04 Å². The molecule has 3 N–H and O–H groups in total. The molecule has 1 aromatic carbocycles. The lowest BCUT2D eigenvalue weighted by molar-refractivity contribution is 0.646. The summed E-state index contributed by atoms with van der Waals surface area (Å²) in [6, 6.07) is 12.8. The minimum Gasteiger partial charge on any atom is -0.271 e. The maximum atomic E-state index is 5.64. The molecule has 1 aromatic heterocycles. The molecule has 0 fully saturated rings. The largest absolute Gasteiger partial charge is 0.271 e. The van der Waals surface area contributed by atoms with Gasteiger partial charge >= 0.3 is 0 Å². The fourth-order valence-electron chi connectivity index (χ4n) is 1.71. The summed E-state index contributed by atoms with van der Waals surface area (Å²) in [5.74, 6) is 5.64. The van der Waals surface area contributed by atoms with Crippen molar-refractivity contribution in [2.75, 3.05) is 0 Å². The molecule has 0 bridgehead atoms. The molecule has 0 aliphatic rings. The molecule has 0 spiro atoms. The van der Waals surface area contributed by atoms with Crippen molar-refractivity contribution < 1.29 is 0 Å². The van der Waals surface area contributed by atoms with Gasteiger partial charge in [-0.1, -0.05) is 29.8 Å². The van der Waals surface area contributed by atoms with Gasteiger partial charge in [-0.05, 0) is 31.5 Å². The highest BCUT2D eigenvalue weighted by Gasteiger charge is 2.13. The molecule has 0 amide bonds. The Morgan fingerprint density at radius 3 is 2.25 bits per heavy atom. The predicted octanol–water partition coefficient (Wildman–Crippen LogP) is 2.92. The van der Waals surface area contributed by atoms with Crippen molar-refractivity contribution in [3.05, 3.63) is 57.3 Å². The van der Waals surface area contributed by atoms with Crippen LogP contribution in [0.2, 0.25) is 0 Å². The number of nitrogens with two attached hydrogens (primary N) is 1. The van der Waals surface area contributed by atoms with Crippen LogP contribution in [0, 0.1) is 13.8 Å². The first-order valence-corrected chi connectivity index (χ1v) is 6.11. The summed E-state index contributed by atoms with van der Waals surface area (Å²) in [6.45, 7) is 4.20. The van der Waals surface area contributed by atoms with Crippen LogP contribution < -0.4 is 11.3 Å². The number of benzene rings is 1. The molecule has 3 heteroatoms. The molecule has 0 saturated heterocycles. The molecule has 0 aliphatic heterocycles. The van der Waals surface area contributed by atoms with Gasteiger partial charge < -0.3 is 0 Å². The van der Waals surface area contributed by atoms with E-state index in [1.807, 2.05) is 0 Å². The Morgan fingerprint density at radius 2 is 1.75 bits per heavy atom. The number of aryl methyl sites for hydroxylation is 2. The van der Waals surface area contributed by atoms with Gasteiger partial charge in [0.2, 0.25) is 0 Å². The zero-order valence-electron chi connectivity index (χ0n) is 9.53. The van der Waals surface area contributed by atoms with Gasteiger partial charge in [0.25, 0.3) is 0 Å². The number of thiophene rings is 1. The number of rotatable bonds is 3. The molecule has 0 radical (unpaired) electrons. The average Bonchev–Trinajstić information content (AvgIpc) is 2.69. The maximum absolute atomic E-state index is 5.64. The second-order valence-corrected chi connectivity index (χ2v) is 5.28. The second-order valence-electron chi connectivity index (χ2n) is 3.96. The quantitative estimate of drug-likeness (QED) is 0.631. The smallest absolute Gasteiger partial charge is 0.0802 e. The Balaban J connectivity index is 2.32. The zero-order valence-corrected chi connectivity index (χ0v) is 10.3. The van der Waals surface area contributed by atoms with Crippen LogP contribution in [-0.4, -0.2) is 0 Å². The van der Waals surface area contributed by atoms with E-state index in [4.69, 9.17) is 5.84 Å². The first kappa shape index (κ1) is 11.3. The number of hydrogen-bond acceptors (Lipinski definition) is 3. The van der Waals surface area contributed by atoms with E-state index in [1.165, 1.54) is 20.9 Å². The van der Waals surface area contributed by atoms with Crippen LogP contribution in [0.15, 0.2) is 36.4 Å². The summed E-state index contributed by atoms with van der Waals surface area (Å²) >= 11 is 1.78. The van der Waals surface area contributed by atoms with Crippen LogP contribution in [0.5, 0.6) is 0 Å². The maximum Gasteiger partial charge on any atom is 0.0802 e. The summed E-state index contributed by atoms with van der Waals surface area (Å²) < 4.78 is 0. The van der Waals surface area contributed by atoms with Gasteiger partial charge in [-0.2, -0.15) is 0 Å². The van der Waals surface area contributed by atoms with Crippen LogP contribution in [0.3, 0.4) is 0 Å². The Kier molecular flexibility index (Phi) is 3.39. The van der Waals surface area contributed by atoms with Crippen LogP contribution in [0.4, 0.5) is 0 Å². The average molecular weight is 232 g/mol. The Bertz CT molecular complexity index is 459. The van der Waals surface area contributed by atoms with E-state index in [9.17, 15) is 0 Å². The lowest BCUT2D eigenvalue weighted by Crippen LogP contribution is -2.28. The first-order valence-electron chi connectivity index (χ1n) is 5.29. The fraction of sp³-hybridized carbons (Fsp3) is 0.231. The molecule has 1 atom stereocenters. The van der Waals surface area contributed by atoms with E-state index in [2.05, 4.69) is 55.7 Å². The third-order valence-electron chi connectivity index (χ3n) is 2.62. The molecule has 0 saturated carbocycles. The minimum atomic E-state index is 0.0966. The summed E-state index contributed by atoms with van der Waals surface area (Å²) in [4.78, 5) is 2.56. The van der Waals surface area contributed by atoms with Gasteiger partial charge in [0.05, 0.1) is 6.04 Å². The van der Waals surface area contributed by atoms with Gasteiger partial charge in [0, 0.05) is 9.75 Å². The zero-order chi connectivity index (χ0) is 11.5. The molecule has 2 rings (SSSR count). The molecule has 16 heavy (non-hydrogen) atoms. The summed E-state index contributed by atoms with van der Waals surface area (Å²) in [5.41, 5.74) is 5.35. The minimum absolute atomic E-state index is 0.0966. The SMILES string of the molecule is Cc1ccc(C(NN)c2ccc(C)s2)cc1. The summed E-state index contributed by atoms with van der Waals surface area (Å²) in [6.07, 6.45) is 0. The normalized spacial score (nSPS) is 12.7. The molecule has 1 unspecified atom stereocenters. The molecular formula is C13H16N2S. The monoisotopic (exact) mass is 232 g/mol. The van der Waals surface area contributed by atoms with E-state index in [1.54, 1.807) is 11.3 Å². The van der Waals surface area contributed by atoms with Gasteiger partial charge in [0.15, 0.2) is 0 Å². The van der Waals surface area contributed by atoms with Gasteiger partial charge in [-0.25, -0.2) is 5.43 Å². The molecule has 2 nitrogen and oxygen atoms in total. The van der Waals surface area contributed by atoms with E-state index in [0.717, 1.165) is 0 Å². The van der Waals surface area contributed by atoms with Crippen LogP contribution >= 0.6 is 11.3 Å². The predicted molar refractivity (Wildman–Crippen MR) is 69.4 cm³/mol. The first-order chi connectivity index (χ1) is 7.70. The van der Waals surface area contributed by atoms with Gasteiger partial charge in [-0.15, -0.1) is 11.3 Å². The third-order valence-corrected chi connectivity index (χ3v) is 3.69. The van der Waals surface area contributed by atoms with Crippen molar-refractivity contribution in [1.82, 2.24) is 5.43 Å². The van der Waals surface area contributed by atoms with Gasteiger partial charge in [-0.3, -0.25) is 5.84 Å². The number of hydrazine groups is 1. The van der Waals surface area contributed by atoms with Crippen molar-refractivity contribution >= 4 is 11.3 Å². The fourth-order valence-corrected chi connectivity index (χ4v) is 2.68. The molecule has 2 aromatic rings. The highest BCUT2D eigenvalue weighted by molar-refractivity contribution is 7.12. The summed E-state index contributed by atoms with van der Waals surface area (Å²) in [7, 11) is 0. The lowest BCUT2D eigenvalue weighted by Gasteiger charge is -2.14. The standard InChI is InChI=1S/C13H16N2S/c1-9-3-6-11(7-4-9)13(15-14)12-8-5-10(2)16-12/h3-8,13,15H,14H2,1-2H3. The number of hydrogen-bond donors (Lipinski definition) is 2. The van der Waals surface area contributed by atoms with Crippen LogP contribution in [0.25, 0.3) is 0 Å². The number of nitrogens with one attached hydrogen (secondary N) is 1. The molecule has 1 heterocycles. The highest BCUT2D eigenvalue weighted by Crippen LogP contribution is 2.27. The van der Waals surface area contributed by atoms with E-state index in [0.29, 0.717) is 0 Å². The second kappa shape index (κ2) is 4.78. The van der Waals surface area contributed by atoms with E-state index < -0.39 is 0 Å². The highest BCUT2D eigenvalue weighted by atomic mass is 32.1. The topological polar surface area (TPSA) is 38.0 Å².